The van der Waals surface area contributed by atoms with Gasteiger partial charge in [0.25, 0.3) is 0 Å². The first-order valence-electron chi connectivity index (χ1n) is 10.2. The minimum atomic E-state index is -1.26. The summed E-state index contributed by atoms with van der Waals surface area (Å²) in [6.07, 6.45) is -1.22. The van der Waals surface area contributed by atoms with Crippen LogP contribution in [0.2, 0.25) is 0 Å². The van der Waals surface area contributed by atoms with E-state index in [4.69, 9.17) is 5.73 Å². The van der Waals surface area contributed by atoms with Crippen molar-refractivity contribution in [3.8, 4) is 5.69 Å². The Labute approximate surface area is 190 Å². The Kier molecular flexibility index (Phi) is 6.33. The quantitative estimate of drug-likeness (QED) is 0.470. The number of hydrogen-bond acceptors (Lipinski definition) is 4. The zero-order valence-electron chi connectivity index (χ0n) is 17.7. The highest BCUT2D eigenvalue weighted by atomic mass is 19.1. The highest BCUT2D eigenvalue weighted by molar-refractivity contribution is 5.33. The van der Waals surface area contributed by atoms with Crippen LogP contribution in [-0.4, -0.2) is 13.7 Å². The Hall–Kier alpha value is -4.18. The van der Waals surface area contributed by atoms with Crippen molar-refractivity contribution >= 4 is 0 Å². The van der Waals surface area contributed by atoms with Gasteiger partial charge in [-0.25, -0.2) is 41.3 Å². The topological polar surface area (TPSA) is 92.0 Å². The van der Waals surface area contributed by atoms with Crippen molar-refractivity contribution in [3.05, 3.63) is 133 Å². The van der Waals surface area contributed by atoms with Gasteiger partial charge in [0.1, 0.15) is 17.5 Å². The smallest absolute Gasteiger partial charge is 0.310 e. The Morgan fingerprint density at radius 1 is 0.706 bits per heavy atom. The van der Waals surface area contributed by atoms with Gasteiger partial charge in [-0.05, 0) is 29.8 Å². The summed E-state index contributed by atoms with van der Waals surface area (Å²) in [5, 5.41) is 0. The molecule has 34 heavy (non-hydrogen) atoms. The van der Waals surface area contributed by atoms with Gasteiger partial charge in [0.2, 0.25) is 0 Å². The number of para-hydroxylation sites is 1. The maximum Gasteiger partial charge on any atom is 0.342 e. The Bertz CT molecular complexity index is 1510. The lowest BCUT2D eigenvalue weighted by atomic mass is 10.1. The molecule has 0 aliphatic heterocycles. The van der Waals surface area contributed by atoms with Gasteiger partial charge in [0.15, 0.2) is 0 Å². The van der Waals surface area contributed by atoms with E-state index in [1.165, 1.54) is 18.2 Å². The molecule has 0 aliphatic rings. The van der Waals surface area contributed by atoms with E-state index in [9.17, 15) is 27.6 Å². The monoisotopic (exact) mass is 468 g/mol. The van der Waals surface area contributed by atoms with E-state index < -0.39 is 58.5 Å². The molecular weight excluding hydrogens is 449 g/mol. The molecule has 3 aromatic carbocycles. The largest absolute Gasteiger partial charge is 0.342 e. The number of rotatable bonds is 6. The third-order valence-corrected chi connectivity index (χ3v) is 5.35. The second-order valence-corrected chi connectivity index (χ2v) is 7.55. The molecule has 0 amide bonds. The standard InChI is InChI=1S/C24H19F3N4O3/c25-17-10-6-11-18(26)16(17)14-29-22(32)30(20-12-5-4-9-19(20)27)24(34)31(23(29)33)21(28)13-15-7-2-1-3-8-15/h1-12,21H,13-14,28H2. The first-order valence-corrected chi connectivity index (χ1v) is 10.2. The third kappa shape index (κ3) is 4.23. The van der Waals surface area contributed by atoms with Crippen LogP contribution in [0.4, 0.5) is 13.2 Å². The van der Waals surface area contributed by atoms with Crippen molar-refractivity contribution in [1.29, 1.82) is 0 Å². The van der Waals surface area contributed by atoms with E-state index in [-0.39, 0.29) is 6.42 Å². The minimum absolute atomic E-state index is 0.0273. The molecule has 10 heteroatoms. The van der Waals surface area contributed by atoms with Crippen LogP contribution in [0, 0.1) is 17.5 Å². The van der Waals surface area contributed by atoms with Crippen LogP contribution in [0.5, 0.6) is 0 Å². The highest BCUT2D eigenvalue weighted by Gasteiger charge is 2.23. The lowest BCUT2D eigenvalue weighted by molar-refractivity contribution is 0.416. The number of nitrogens with two attached hydrogens (primary N) is 1. The minimum Gasteiger partial charge on any atom is -0.310 e. The Morgan fingerprint density at radius 2 is 1.29 bits per heavy atom. The van der Waals surface area contributed by atoms with Gasteiger partial charge in [-0.1, -0.05) is 48.5 Å². The molecule has 2 N–H and O–H groups in total. The van der Waals surface area contributed by atoms with Gasteiger partial charge >= 0.3 is 17.1 Å². The van der Waals surface area contributed by atoms with Crippen molar-refractivity contribution in [2.75, 3.05) is 0 Å². The molecule has 0 saturated heterocycles. The maximum absolute atomic E-state index is 14.6. The molecule has 0 bridgehead atoms. The van der Waals surface area contributed by atoms with Gasteiger partial charge in [-0.2, -0.15) is 0 Å². The first kappa shape index (κ1) is 23.0. The normalized spacial score (nSPS) is 12.0. The average molecular weight is 468 g/mol. The van der Waals surface area contributed by atoms with Crippen LogP contribution in [0.15, 0.2) is 87.2 Å². The number of aromatic nitrogens is 3. The lowest BCUT2D eigenvalue weighted by Gasteiger charge is -2.19. The second-order valence-electron chi connectivity index (χ2n) is 7.55. The SMILES string of the molecule is NC(Cc1ccccc1)n1c(=O)n(Cc2c(F)cccc2F)c(=O)n(-c2ccccc2F)c1=O. The summed E-state index contributed by atoms with van der Waals surface area (Å²) in [5.41, 5.74) is 2.27. The van der Waals surface area contributed by atoms with Gasteiger partial charge in [0.05, 0.1) is 18.4 Å². The van der Waals surface area contributed by atoms with Crippen molar-refractivity contribution in [1.82, 2.24) is 13.7 Å². The molecule has 1 heterocycles. The molecule has 0 radical (unpaired) electrons. The molecule has 0 spiro atoms. The Balaban J connectivity index is 1.98. The van der Waals surface area contributed by atoms with E-state index in [0.717, 1.165) is 24.3 Å². The molecule has 0 saturated carbocycles. The summed E-state index contributed by atoms with van der Waals surface area (Å²) in [4.78, 5) is 39.7. The van der Waals surface area contributed by atoms with Crippen LogP contribution >= 0.6 is 0 Å². The first-order chi connectivity index (χ1) is 16.3. The number of halogens is 3. The van der Waals surface area contributed by atoms with Crippen LogP contribution in [-0.2, 0) is 13.0 Å². The van der Waals surface area contributed by atoms with Crippen LogP contribution < -0.4 is 22.8 Å². The molecule has 1 aromatic heterocycles. The summed E-state index contributed by atoms with van der Waals surface area (Å²) in [5.74, 6) is -2.89. The Morgan fingerprint density at radius 3 is 1.94 bits per heavy atom. The molecule has 4 aromatic rings. The van der Waals surface area contributed by atoms with E-state index in [0.29, 0.717) is 19.3 Å². The van der Waals surface area contributed by atoms with Gasteiger partial charge in [0, 0.05) is 12.0 Å². The fourth-order valence-electron chi connectivity index (χ4n) is 3.65. The predicted octanol–water partition coefficient (Wildman–Crippen LogP) is 2.33. The van der Waals surface area contributed by atoms with Gasteiger partial charge in [-0.15, -0.1) is 0 Å². The van der Waals surface area contributed by atoms with Gasteiger partial charge in [-0.3, -0.25) is 0 Å². The summed E-state index contributed by atoms with van der Waals surface area (Å²) < 4.78 is 44.6. The molecule has 7 nitrogen and oxygen atoms in total. The predicted molar refractivity (Wildman–Crippen MR) is 119 cm³/mol. The molecule has 0 fully saturated rings. The molecular formula is C24H19F3N4O3. The summed E-state index contributed by atoms with van der Waals surface area (Å²) >= 11 is 0. The zero-order valence-corrected chi connectivity index (χ0v) is 17.7. The highest BCUT2D eigenvalue weighted by Crippen LogP contribution is 2.13. The zero-order chi connectivity index (χ0) is 24.4. The van der Waals surface area contributed by atoms with E-state index in [1.54, 1.807) is 30.3 Å². The maximum atomic E-state index is 14.6. The number of benzene rings is 3. The van der Waals surface area contributed by atoms with Crippen LogP contribution in [0.25, 0.3) is 5.69 Å². The number of hydrogen-bond donors (Lipinski definition) is 1. The molecule has 1 unspecified atom stereocenters. The van der Waals surface area contributed by atoms with Crippen LogP contribution in [0.1, 0.15) is 17.3 Å². The third-order valence-electron chi connectivity index (χ3n) is 5.35. The molecule has 174 valence electrons. The lowest BCUT2D eigenvalue weighted by Crippen LogP contribution is -2.56. The molecule has 1 atom stereocenters. The van der Waals surface area contributed by atoms with Crippen molar-refractivity contribution in [2.45, 2.75) is 19.1 Å². The summed E-state index contributed by atoms with van der Waals surface area (Å²) in [6, 6.07) is 16.7. The second kappa shape index (κ2) is 9.36. The fraction of sp³-hybridized carbons (Fsp3) is 0.125. The van der Waals surface area contributed by atoms with E-state index in [1.807, 2.05) is 0 Å². The average Bonchev–Trinajstić information content (AvgIpc) is 2.80. The van der Waals surface area contributed by atoms with Gasteiger partial charge < -0.3 is 5.73 Å². The van der Waals surface area contributed by atoms with Crippen LogP contribution in [0.3, 0.4) is 0 Å². The number of nitrogens with zero attached hydrogens (tertiary/aromatic N) is 3. The van der Waals surface area contributed by atoms with E-state index >= 15 is 0 Å². The molecule has 4 rings (SSSR count). The van der Waals surface area contributed by atoms with E-state index in [2.05, 4.69) is 0 Å². The molecule has 0 aliphatic carbocycles. The fourth-order valence-corrected chi connectivity index (χ4v) is 3.65. The van der Waals surface area contributed by atoms with Crippen molar-refractivity contribution in [3.63, 3.8) is 0 Å². The summed E-state index contributed by atoms with van der Waals surface area (Å²) in [6.45, 7) is -0.830. The summed E-state index contributed by atoms with van der Waals surface area (Å²) in [7, 11) is 0. The van der Waals surface area contributed by atoms with Crippen molar-refractivity contribution in [2.24, 2.45) is 5.73 Å². The van der Waals surface area contributed by atoms with Crippen molar-refractivity contribution < 1.29 is 13.2 Å².